The number of pyridine rings is 1. The second-order valence-corrected chi connectivity index (χ2v) is 5.68. The summed E-state index contributed by atoms with van der Waals surface area (Å²) in [4.78, 5) is 29.0. The third kappa shape index (κ3) is 2.77. The maximum absolute atomic E-state index is 12.6. The van der Waals surface area contributed by atoms with Crippen molar-refractivity contribution in [3.63, 3.8) is 0 Å². The normalized spacial score (nSPS) is 10.8. The molecule has 0 radical (unpaired) electrons. The lowest BCUT2D eigenvalue weighted by Gasteiger charge is -2.08. The Hall–Kier alpha value is -3.67. The molecule has 0 saturated carbocycles. The molecular formula is C20H14N2O4. The highest BCUT2D eigenvalue weighted by Crippen LogP contribution is 2.23. The number of aromatic nitrogens is 1. The molecule has 26 heavy (non-hydrogen) atoms. The Bertz CT molecular complexity index is 1190. The maximum atomic E-state index is 12.6. The van der Waals surface area contributed by atoms with Crippen molar-refractivity contribution in [2.24, 2.45) is 0 Å². The van der Waals surface area contributed by atoms with Crippen LogP contribution in [0.5, 0.6) is 5.75 Å². The third-order valence-corrected chi connectivity index (χ3v) is 4.09. The van der Waals surface area contributed by atoms with Crippen molar-refractivity contribution >= 4 is 33.3 Å². The van der Waals surface area contributed by atoms with Crippen LogP contribution in [-0.4, -0.2) is 18.0 Å². The van der Waals surface area contributed by atoms with E-state index in [-0.39, 0.29) is 5.76 Å². The SMILES string of the molecule is COc1ccc2c(=O)oc(C(=O)Nc3cccc4ncccc34)cc2c1. The first kappa shape index (κ1) is 15.8. The number of carbonyl (C=O) groups excluding carboxylic acids is 1. The monoisotopic (exact) mass is 346 g/mol. The van der Waals surface area contributed by atoms with E-state index in [0.29, 0.717) is 22.2 Å². The van der Waals surface area contributed by atoms with Crippen molar-refractivity contribution in [3.8, 4) is 5.75 Å². The Morgan fingerprint density at radius 1 is 1.08 bits per heavy atom. The molecule has 0 aliphatic heterocycles. The standard InChI is InChI=1S/C20H14N2O4/c1-25-13-7-8-14-12(10-13)11-18(26-20(14)24)19(23)22-17-6-2-5-16-15(17)4-3-9-21-16/h2-11H,1H3,(H,22,23). The van der Waals surface area contributed by atoms with Crippen molar-refractivity contribution in [2.75, 3.05) is 12.4 Å². The highest BCUT2D eigenvalue weighted by Gasteiger charge is 2.14. The van der Waals surface area contributed by atoms with E-state index >= 15 is 0 Å². The predicted molar refractivity (Wildman–Crippen MR) is 98.7 cm³/mol. The number of methoxy groups -OCH3 is 1. The minimum atomic E-state index is -0.574. The summed E-state index contributed by atoms with van der Waals surface area (Å²) in [6, 6.07) is 15.6. The number of hydrogen-bond donors (Lipinski definition) is 1. The topological polar surface area (TPSA) is 81.4 Å². The largest absolute Gasteiger partial charge is 0.497 e. The molecule has 6 heteroatoms. The molecule has 0 aliphatic rings. The Balaban J connectivity index is 1.75. The molecule has 2 aromatic carbocycles. The second-order valence-electron chi connectivity index (χ2n) is 5.68. The summed E-state index contributed by atoms with van der Waals surface area (Å²) in [5, 5.41) is 4.54. The lowest BCUT2D eigenvalue weighted by molar-refractivity contribution is 0.0993. The fourth-order valence-corrected chi connectivity index (χ4v) is 2.81. The van der Waals surface area contributed by atoms with Crippen LogP contribution < -0.4 is 15.7 Å². The molecule has 0 saturated heterocycles. The molecule has 0 fully saturated rings. The number of rotatable bonds is 3. The zero-order valence-electron chi connectivity index (χ0n) is 13.9. The van der Waals surface area contributed by atoms with Gasteiger partial charge in [0.15, 0.2) is 5.76 Å². The molecule has 0 aliphatic carbocycles. The summed E-state index contributed by atoms with van der Waals surface area (Å²) in [7, 11) is 1.54. The van der Waals surface area contributed by atoms with Gasteiger partial charge in [-0.15, -0.1) is 0 Å². The van der Waals surface area contributed by atoms with Gasteiger partial charge in [0.2, 0.25) is 0 Å². The van der Waals surface area contributed by atoms with Crippen molar-refractivity contribution < 1.29 is 13.9 Å². The van der Waals surface area contributed by atoms with Gasteiger partial charge < -0.3 is 14.5 Å². The van der Waals surface area contributed by atoms with Crippen molar-refractivity contribution in [1.29, 1.82) is 0 Å². The van der Waals surface area contributed by atoms with E-state index in [1.54, 1.807) is 42.6 Å². The first-order valence-corrected chi connectivity index (χ1v) is 7.93. The van der Waals surface area contributed by atoms with Gasteiger partial charge in [0.05, 0.1) is 23.7 Å². The number of hydrogen-bond acceptors (Lipinski definition) is 5. The van der Waals surface area contributed by atoms with Crippen molar-refractivity contribution in [1.82, 2.24) is 4.98 Å². The molecule has 2 heterocycles. The molecule has 4 rings (SSSR count). The van der Waals surface area contributed by atoms with Gasteiger partial charge in [0, 0.05) is 11.6 Å². The zero-order valence-corrected chi connectivity index (χ0v) is 13.9. The lowest BCUT2D eigenvalue weighted by Crippen LogP contribution is -2.15. The summed E-state index contributed by atoms with van der Waals surface area (Å²) in [5.41, 5.74) is 0.777. The number of fused-ring (bicyclic) bond motifs is 2. The average molecular weight is 346 g/mol. The number of nitrogens with zero attached hydrogens (tertiary/aromatic N) is 1. The van der Waals surface area contributed by atoms with E-state index in [2.05, 4.69) is 10.3 Å². The van der Waals surface area contributed by atoms with Crippen molar-refractivity contribution in [2.45, 2.75) is 0 Å². The van der Waals surface area contributed by atoms with E-state index in [1.165, 1.54) is 13.2 Å². The van der Waals surface area contributed by atoms with E-state index in [0.717, 1.165) is 10.9 Å². The molecule has 1 N–H and O–H groups in total. The van der Waals surface area contributed by atoms with E-state index in [1.807, 2.05) is 12.1 Å². The van der Waals surface area contributed by atoms with Gasteiger partial charge in [-0.1, -0.05) is 6.07 Å². The molecule has 128 valence electrons. The zero-order chi connectivity index (χ0) is 18.1. The summed E-state index contributed by atoms with van der Waals surface area (Å²) in [6.07, 6.45) is 1.68. The number of ether oxygens (including phenoxy) is 1. The average Bonchev–Trinajstić information content (AvgIpc) is 2.67. The van der Waals surface area contributed by atoms with Crippen LogP contribution >= 0.6 is 0 Å². The maximum Gasteiger partial charge on any atom is 0.344 e. The first-order valence-electron chi connectivity index (χ1n) is 7.93. The lowest BCUT2D eigenvalue weighted by atomic mass is 10.1. The van der Waals surface area contributed by atoms with Gasteiger partial charge in [-0.25, -0.2) is 4.79 Å². The van der Waals surface area contributed by atoms with Crippen LogP contribution in [0.4, 0.5) is 5.69 Å². The molecule has 0 unspecified atom stereocenters. The van der Waals surface area contributed by atoms with Gasteiger partial charge in [0.25, 0.3) is 5.91 Å². The number of nitrogens with one attached hydrogen (secondary N) is 1. The second kappa shape index (κ2) is 6.33. The summed E-state index contributed by atoms with van der Waals surface area (Å²) in [5.74, 6) is 0.00871. The molecule has 1 amide bonds. The Morgan fingerprint density at radius 2 is 1.96 bits per heavy atom. The molecule has 4 aromatic rings. The third-order valence-electron chi connectivity index (χ3n) is 4.09. The summed E-state index contributed by atoms with van der Waals surface area (Å²) in [6.45, 7) is 0. The summed E-state index contributed by atoms with van der Waals surface area (Å²) >= 11 is 0. The van der Waals surface area contributed by atoms with Crippen LogP contribution in [-0.2, 0) is 0 Å². The van der Waals surface area contributed by atoms with Gasteiger partial charge in [0.1, 0.15) is 5.75 Å². The summed E-state index contributed by atoms with van der Waals surface area (Å²) < 4.78 is 10.4. The van der Waals surface area contributed by atoms with E-state index in [4.69, 9.17) is 9.15 Å². The molecule has 0 bridgehead atoms. The first-order chi connectivity index (χ1) is 12.7. The smallest absolute Gasteiger partial charge is 0.344 e. The van der Waals surface area contributed by atoms with Gasteiger partial charge in [-0.05, 0) is 53.9 Å². The number of amides is 1. The predicted octanol–water partition coefficient (Wildman–Crippen LogP) is 3.60. The fraction of sp³-hybridized carbons (Fsp3) is 0.0500. The minimum absolute atomic E-state index is 0.0725. The molecular weight excluding hydrogens is 332 g/mol. The number of benzene rings is 2. The molecule has 6 nitrogen and oxygen atoms in total. The van der Waals surface area contributed by atoms with Crippen LogP contribution in [0.25, 0.3) is 21.7 Å². The Labute approximate surface area is 148 Å². The van der Waals surface area contributed by atoms with Crippen LogP contribution in [0.1, 0.15) is 10.6 Å². The van der Waals surface area contributed by atoms with Crippen LogP contribution in [0.2, 0.25) is 0 Å². The quantitative estimate of drug-likeness (QED) is 0.613. The van der Waals surface area contributed by atoms with Crippen LogP contribution in [0.3, 0.4) is 0 Å². The molecule has 0 atom stereocenters. The van der Waals surface area contributed by atoms with E-state index < -0.39 is 11.5 Å². The highest BCUT2D eigenvalue weighted by atomic mass is 16.5. The number of carbonyl (C=O) groups is 1. The van der Waals surface area contributed by atoms with Crippen LogP contribution in [0, 0.1) is 0 Å². The van der Waals surface area contributed by atoms with E-state index in [9.17, 15) is 9.59 Å². The highest BCUT2D eigenvalue weighted by molar-refractivity contribution is 6.08. The van der Waals surface area contributed by atoms with Gasteiger partial charge in [-0.2, -0.15) is 0 Å². The molecule has 2 aromatic heterocycles. The van der Waals surface area contributed by atoms with Gasteiger partial charge >= 0.3 is 5.63 Å². The Kier molecular flexibility index (Phi) is 3.85. The van der Waals surface area contributed by atoms with Crippen molar-refractivity contribution in [3.05, 3.63) is 77.0 Å². The molecule has 0 spiro atoms. The van der Waals surface area contributed by atoms with Gasteiger partial charge in [-0.3, -0.25) is 9.78 Å². The van der Waals surface area contributed by atoms with Crippen LogP contribution in [0.15, 0.2) is 70.0 Å². The fourth-order valence-electron chi connectivity index (χ4n) is 2.81. The Morgan fingerprint density at radius 3 is 2.81 bits per heavy atom. The number of anilines is 1. The minimum Gasteiger partial charge on any atom is -0.497 e.